The van der Waals surface area contributed by atoms with Gasteiger partial charge in [0.15, 0.2) is 0 Å². The number of hydrogen-bond donors (Lipinski definition) is 1. The molecule has 1 N–H and O–H groups in total. The molecule has 1 unspecified atom stereocenters. The summed E-state index contributed by atoms with van der Waals surface area (Å²) in [6.07, 6.45) is -0.0513. The molecule has 20 heavy (non-hydrogen) atoms. The second kappa shape index (κ2) is 6.75. The summed E-state index contributed by atoms with van der Waals surface area (Å²) in [5.74, 6) is 0.257. The van der Waals surface area contributed by atoms with Gasteiger partial charge in [0.25, 0.3) is 0 Å². The van der Waals surface area contributed by atoms with Crippen molar-refractivity contribution in [2.45, 2.75) is 39.7 Å². The molecule has 0 aliphatic rings. The average Bonchev–Trinajstić information content (AvgIpc) is 2.38. The van der Waals surface area contributed by atoms with Gasteiger partial charge in [-0.25, -0.2) is 0 Å². The lowest BCUT2D eigenvalue weighted by atomic mass is 9.80. The van der Waals surface area contributed by atoms with Crippen LogP contribution in [0.5, 0.6) is 5.75 Å². The fraction of sp³-hybridized carbons (Fsp3) is 0.562. The first kappa shape index (κ1) is 16.5. The average molecular weight is 280 g/mol. The lowest BCUT2D eigenvalue weighted by Crippen LogP contribution is -2.35. The molecule has 1 aromatic carbocycles. The van der Waals surface area contributed by atoms with Gasteiger partial charge in [0.2, 0.25) is 0 Å². The molecule has 112 valence electrons. The summed E-state index contributed by atoms with van der Waals surface area (Å²) in [6, 6.07) is 5.46. The highest BCUT2D eigenvalue weighted by Gasteiger charge is 2.36. The Bertz CT molecular complexity index is 468. The van der Waals surface area contributed by atoms with E-state index in [0.29, 0.717) is 12.2 Å². The van der Waals surface area contributed by atoms with Crippen molar-refractivity contribution >= 4 is 5.97 Å². The number of carbonyl (C=O) groups is 1. The molecule has 1 aromatic rings. The highest BCUT2D eigenvalue weighted by Crippen LogP contribution is 2.35. The van der Waals surface area contributed by atoms with Crippen LogP contribution in [0.25, 0.3) is 0 Å². The van der Waals surface area contributed by atoms with Gasteiger partial charge in [0.05, 0.1) is 20.1 Å². The smallest absolute Gasteiger partial charge is 0.309 e. The van der Waals surface area contributed by atoms with E-state index in [1.165, 1.54) is 0 Å². The van der Waals surface area contributed by atoms with Crippen molar-refractivity contribution in [2.24, 2.45) is 5.92 Å². The summed E-state index contributed by atoms with van der Waals surface area (Å²) in [5, 5.41) is 10.9. The zero-order chi connectivity index (χ0) is 15.3. The predicted molar refractivity (Wildman–Crippen MR) is 77.7 cm³/mol. The minimum atomic E-state index is -1.23. The van der Waals surface area contributed by atoms with Gasteiger partial charge in [0.1, 0.15) is 11.4 Å². The van der Waals surface area contributed by atoms with Gasteiger partial charge in [0, 0.05) is 0 Å². The van der Waals surface area contributed by atoms with Gasteiger partial charge in [-0.2, -0.15) is 0 Å². The third-order valence-corrected chi connectivity index (χ3v) is 3.57. The van der Waals surface area contributed by atoms with Gasteiger partial charge in [-0.15, -0.1) is 0 Å². The topological polar surface area (TPSA) is 55.8 Å². The predicted octanol–water partition coefficient (Wildman–Crippen LogP) is 2.80. The number of hydrogen-bond acceptors (Lipinski definition) is 4. The molecule has 1 atom stereocenters. The SMILES string of the molecule is CCOC(=O)CC(O)(c1ccc(OC)c(C)c1)C(C)C. The summed E-state index contributed by atoms with van der Waals surface area (Å²) in [4.78, 5) is 11.7. The molecule has 0 saturated carbocycles. The van der Waals surface area contributed by atoms with Crippen LogP contribution in [0, 0.1) is 12.8 Å². The fourth-order valence-electron chi connectivity index (χ4n) is 2.22. The van der Waals surface area contributed by atoms with Crippen LogP contribution in [0.3, 0.4) is 0 Å². The van der Waals surface area contributed by atoms with Crippen molar-refractivity contribution in [3.8, 4) is 5.75 Å². The van der Waals surface area contributed by atoms with Crippen molar-refractivity contribution in [1.82, 2.24) is 0 Å². The number of rotatable bonds is 6. The van der Waals surface area contributed by atoms with Gasteiger partial charge >= 0.3 is 5.97 Å². The van der Waals surface area contributed by atoms with Gasteiger partial charge in [-0.05, 0) is 43.0 Å². The van der Waals surface area contributed by atoms with Crippen LogP contribution >= 0.6 is 0 Å². The molecule has 0 fully saturated rings. The third-order valence-electron chi connectivity index (χ3n) is 3.57. The molecule has 1 rings (SSSR count). The zero-order valence-electron chi connectivity index (χ0n) is 12.9. The Morgan fingerprint density at radius 3 is 2.50 bits per heavy atom. The van der Waals surface area contributed by atoms with E-state index in [0.717, 1.165) is 11.3 Å². The molecule has 0 bridgehead atoms. The van der Waals surface area contributed by atoms with E-state index in [9.17, 15) is 9.90 Å². The Balaban J connectivity index is 3.12. The van der Waals surface area contributed by atoms with Crippen LogP contribution in [0.1, 0.15) is 38.3 Å². The summed E-state index contributed by atoms with van der Waals surface area (Å²) in [6.45, 7) is 7.75. The second-order valence-corrected chi connectivity index (χ2v) is 5.25. The maximum absolute atomic E-state index is 11.7. The Kier molecular flexibility index (Phi) is 5.57. The number of esters is 1. The first-order chi connectivity index (χ1) is 9.35. The van der Waals surface area contributed by atoms with Crippen LogP contribution in [0.15, 0.2) is 18.2 Å². The Morgan fingerprint density at radius 1 is 1.40 bits per heavy atom. The standard InChI is InChI=1S/C16H24O4/c1-6-20-15(17)10-16(18,11(2)3)13-7-8-14(19-5)12(4)9-13/h7-9,11,18H,6,10H2,1-5H3. The number of carbonyl (C=O) groups excluding carboxylic acids is 1. The molecule has 0 aromatic heterocycles. The van der Waals surface area contributed by atoms with Crippen LogP contribution < -0.4 is 4.74 Å². The molecule has 0 heterocycles. The van der Waals surface area contributed by atoms with Crippen LogP contribution in [0.2, 0.25) is 0 Å². The van der Waals surface area contributed by atoms with Gasteiger partial charge in [-0.3, -0.25) is 4.79 Å². The Morgan fingerprint density at radius 2 is 2.05 bits per heavy atom. The largest absolute Gasteiger partial charge is 0.496 e. The summed E-state index contributed by atoms with van der Waals surface area (Å²) in [5.41, 5.74) is 0.398. The number of aliphatic hydroxyl groups is 1. The number of aryl methyl sites for hydroxylation is 1. The van der Waals surface area contributed by atoms with Crippen LogP contribution in [-0.2, 0) is 15.1 Å². The first-order valence-electron chi connectivity index (χ1n) is 6.88. The van der Waals surface area contributed by atoms with E-state index in [4.69, 9.17) is 9.47 Å². The Labute approximate surface area is 120 Å². The maximum Gasteiger partial charge on any atom is 0.309 e. The minimum Gasteiger partial charge on any atom is -0.496 e. The molecular formula is C16H24O4. The second-order valence-electron chi connectivity index (χ2n) is 5.25. The van der Waals surface area contributed by atoms with Crippen molar-refractivity contribution in [3.63, 3.8) is 0 Å². The summed E-state index contributed by atoms with van der Waals surface area (Å²) >= 11 is 0. The lowest BCUT2D eigenvalue weighted by molar-refractivity contribution is -0.151. The molecule has 0 radical (unpaired) electrons. The van der Waals surface area contributed by atoms with E-state index in [1.807, 2.05) is 32.9 Å². The number of benzene rings is 1. The zero-order valence-corrected chi connectivity index (χ0v) is 12.9. The highest BCUT2D eigenvalue weighted by atomic mass is 16.5. The maximum atomic E-state index is 11.7. The summed E-state index contributed by atoms with van der Waals surface area (Å²) in [7, 11) is 1.61. The minimum absolute atomic E-state index is 0.0513. The van der Waals surface area contributed by atoms with Gasteiger partial charge < -0.3 is 14.6 Å². The Hall–Kier alpha value is -1.55. The first-order valence-corrected chi connectivity index (χ1v) is 6.88. The normalized spacial score (nSPS) is 13.9. The van der Waals surface area contributed by atoms with E-state index >= 15 is 0 Å². The van der Waals surface area contributed by atoms with Crippen LogP contribution in [-0.4, -0.2) is 24.8 Å². The molecule has 4 nitrogen and oxygen atoms in total. The van der Waals surface area contributed by atoms with Crippen molar-refractivity contribution in [3.05, 3.63) is 29.3 Å². The quantitative estimate of drug-likeness (QED) is 0.814. The monoisotopic (exact) mass is 280 g/mol. The molecule has 0 amide bonds. The van der Waals surface area contributed by atoms with Crippen molar-refractivity contribution in [1.29, 1.82) is 0 Å². The number of methoxy groups -OCH3 is 1. The fourth-order valence-corrected chi connectivity index (χ4v) is 2.22. The molecule has 4 heteroatoms. The van der Waals surface area contributed by atoms with E-state index in [2.05, 4.69) is 0 Å². The lowest BCUT2D eigenvalue weighted by Gasteiger charge is -2.32. The number of ether oxygens (including phenoxy) is 2. The van der Waals surface area contributed by atoms with E-state index < -0.39 is 11.6 Å². The van der Waals surface area contributed by atoms with Crippen LogP contribution in [0.4, 0.5) is 0 Å². The molecular weight excluding hydrogens is 256 g/mol. The van der Waals surface area contributed by atoms with E-state index in [1.54, 1.807) is 20.1 Å². The molecule has 0 aliphatic carbocycles. The third kappa shape index (κ3) is 3.51. The van der Waals surface area contributed by atoms with Crippen molar-refractivity contribution < 1.29 is 19.4 Å². The van der Waals surface area contributed by atoms with E-state index in [-0.39, 0.29) is 12.3 Å². The molecule has 0 spiro atoms. The van der Waals surface area contributed by atoms with Crippen molar-refractivity contribution in [2.75, 3.05) is 13.7 Å². The molecule has 0 saturated heterocycles. The highest BCUT2D eigenvalue weighted by molar-refractivity contribution is 5.71. The summed E-state index contributed by atoms with van der Waals surface area (Å²) < 4.78 is 10.2. The van der Waals surface area contributed by atoms with Gasteiger partial charge in [-0.1, -0.05) is 19.9 Å². The molecule has 0 aliphatic heterocycles.